The molecular weight excluding hydrogens is 284 g/mol. The Labute approximate surface area is 130 Å². The fourth-order valence-corrected chi connectivity index (χ4v) is 2.05. The molecular formula is C18H17ClO2. The van der Waals surface area contributed by atoms with E-state index < -0.39 is 0 Å². The maximum atomic E-state index is 12.0. The number of carbonyl (C=O) groups is 1. The van der Waals surface area contributed by atoms with Crippen LogP contribution in [0.15, 0.2) is 61.2 Å². The molecule has 0 unspecified atom stereocenters. The van der Waals surface area contributed by atoms with Crippen LogP contribution >= 0.6 is 11.6 Å². The zero-order chi connectivity index (χ0) is 15.1. The minimum Gasteiger partial charge on any atom is -0.423 e. The smallest absolute Gasteiger partial charge is 0.343 e. The Morgan fingerprint density at radius 2 is 1.76 bits per heavy atom. The third-order valence-corrected chi connectivity index (χ3v) is 3.34. The summed E-state index contributed by atoms with van der Waals surface area (Å²) >= 11 is 5.79. The van der Waals surface area contributed by atoms with Crippen molar-refractivity contribution >= 4 is 17.6 Å². The minimum absolute atomic E-state index is 0.366. The summed E-state index contributed by atoms with van der Waals surface area (Å²) in [4.78, 5) is 12.0. The Morgan fingerprint density at radius 1 is 1.10 bits per heavy atom. The number of rotatable bonds is 6. The highest BCUT2D eigenvalue weighted by Gasteiger charge is 2.08. The van der Waals surface area contributed by atoms with Gasteiger partial charge >= 0.3 is 5.97 Å². The monoisotopic (exact) mass is 300 g/mol. The maximum Gasteiger partial charge on any atom is 0.343 e. The van der Waals surface area contributed by atoms with Gasteiger partial charge < -0.3 is 4.74 Å². The van der Waals surface area contributed by atoms with Crippen molar-refractivity contribution in [1.29, 1.82) is 0 Å². The normalized spacial score (nSPS) is 10.1. The number of halogens is 1. The summed E-state index contributed by atoms with van der Waals surface area (Å²) in [6, 6.07) is 14.2. The molecule has 21 heavy (non-hydrogen) atoms. The summed E-state index contributed by atoms with van der Waals surface area (Å²) in [6.07, 6.45) is 4.97. The van der Waals surface area contributed by atoms with Crippen LogP contribution in [0.3, 0.4) is 0 Å². The zero-order valence-corrected chi connectivity index (χ0v) is 12.5. The van der Waals surface area contributed by atoms with Crippen LogP contribution < -0.4 is 4.74 Å². The maximum absolute atomic E-state index is 12.0. The first-order chi connectivity index (χ1) is 10.2. The average molecular weight is 301 g/mol. The van der Waals surface area contributed by atoms with Crippen molar-refractivity contribution < 1.29 is 9.53 Å². The Morgan fingerprint density at radius 3 is 2.38 bits per heavy atom. The third kappa shape index (κ3) is 4.76. The predicted molar refractivity (Wildman–Crippen MR) is 86.0 cm³/mol. The van der Waals surface area contributed by atoms with E-state index in [9.17, 15) is 4.79 Å². The van der Waals surface area contributed by atoms with E-state index in [2.05, 4.69) is 6.58 Å². The second-order valence-corrected chi connectivity index (χ2v) is 5.16. The Balaban J connectivity index is 1.96. The molecule has 2 aromatic rings. The molecule has 2 aromatic carbocycles. The predicted octanol–water partition coefficient (Wildman–Crippen LogP) is 5.07. The van der Waals surface area contributed by atoms with Gasteiger partial charge in [-0.2, -0.15) is 0 Å². The van der Waals surface area contributed by atoms with Crippen molar-refractivity contribution in [2.24, 2.45) is 0 Å². The Bertz CT molecular complexity index is 600. The highest BCUT2D eigenvalue weighted by molar-refractivity contribution is 6.30. The molecule has 0 N–H and O–H groups in total. The summed E-state index contributed by atoms with van der Waals surface area (Å²) in [7, 11) is 0. The van der Waals surface area contributed by atoms with E-state index in [1.54, 1.807) is 36.4 Å². The van der Waals surface area contributed by atoms with E-state index >= 15 is 0 Å². The number of carbonyl (C=O) groups excluding carboxylic acids is 1. The van der Waals surface area contributed by atoms with Crippen LogP contribution in [0.2, 0.25) is 5.02 Å². The molecule has 0 spiro atoms. The van der Waals surface area contributed by atoms with Gasteiger partial charge in [0.05, 0.1) is 5.56 Å². The summed E-state index contributed by atoms with van der Waals surface area (Å²) in [5, 5.41) is 0.610. The molecule has 0 radical (unpaired) electrons. The molecule has 0 saturated heterocycles. The molecule has 2 nitrogen and oxygen atoms in total. The van der Waals surface area contributed by atoms with Gasteiger partial charge in [-0.1, -0.05) is 29.8 Å². The standard InChI is InChI=1S/C18H17ClO2/c1-2-3-4-5-14-6-8-15(9-7-14)18(20)21-17-12-10-16(19)11-13-17/h2,6-13H,1,3-5H2. The van der Waals surface area contributed by atoms with Crippen LogP contribution in [0.1, 0.15) is 28.8 Å². The van der Waals surface area contributed by atoms with Crippen molar-refractivity contribution in [1.82, 2.24) is 0 Å². The van der Waals surface area contributed by atoms with E-state index in [-0.39, 0.29) is 5.97 Å². The number of aryl methyl sites for hydroxylation is 1. The number of hydrogen-bond donors (Lipinski definition) is 0. The number of unbranched alkanes of at least 4 members (excludes halogenated alkanes) is 1. The van der Waals surface area contributed by atoms with Gasteiger partial charge in [-0.05, 0) is 61.2 Å². The molecule has 0 heterocycles. The van der Waals surface area contributed by atoms with Crippen LogP contribution in [-0.2, 0) is 6.42 Å². The van der Waals surface area contributed by atoms with Crippen LogP contribution in [-0.4, -0.2) is 5.97 Å². The van der Waals surface area contributed by atoms with Gasteiger partial charge in [0.15, 0.2) is 0 Å². The largest absolute Gasteiger partial charge is 0.423 e. The second kappa shape index (κ2) is 7.65. The summed E-state index contributed by atoms with van der Waals surface area (Å²) < 4.78 is 5.28. The lowest BCUT2D eigenvalue weighted by Gasteiger charge is -2.05. The van der Waals surface area contributed by atoms with E-state index in [4.69, 9.17) is 16.3 Å². The van der Waals surface area contributed by atoms with Crippen LogP contribution in [0, 0.1) is 0 Å². The molecule has 0 aliphatic rings. The molecule has 0 bridgehead atoms. The van der Waals surface area contributed by atoms with Gasteiger partial charge in [0.25, 0.3) is 0 Å². The number of hydrogen-bond acceptors (Lipinski definition) is 2. The molecule has 3 heteroatoms. The number of allylic oxidation sites excluding steroid dienone is 1. The van der Waals surface area contributed by atoms with Crippen molar-refractivity contribution in [2.75, 3.05) is 0 Å². The SMILES string of the molecule is C=CCCCc1ccc(C(=O)Oc2ccc(Cl)cc2)cc1. The lowest BCUT2D eigenvalue weighted by molar-refractivity contribution is 0.0735. The molecule has 0 atom stereocenters. The first kappa shape index (κ1) is 15.3. The second-order valence-electron chi connectivity index (χ2n) is 4.72. The van der Waals surface area contributed by atoms with E-state index in [0.29, 0.717) is 16.3 Å². The van der Waals surface area contributed by atoms with Gasteiger partial charge in [0, 0.05) is 5.02 Å². The summed E-state index contributed by atoms with van der Waals surface area (Å²) in [5.41, 5.74) is 1.75. The molecule has 0 fully saturated rings. The topological polar surface area (TPSA) is 26.3 Å². The lowest BCUT2D eigenvalue weighted by Crippen LogP contribution is -2.08. The van der Waals surface area contributed by atoms with E-state index in [1.165, 1.54) is 5.56 Å². The molecule has 0 saturated carbocycles. The molecule has 0 aliphatic heterocycles. The quantitative estimate of drug-likeness (QED) is 0.322. The molecule has 2 rings (SSSR count). The van der Waals surface area contributed by atoms with Gasteiger partial charge in [-0.25, -0.2) is 4.79 Å². The van der Waals surface area contributed by atoms with Crippen LogP contribution in [0.5, 0.6) is 5.75 Å². The number of benzene rings is 2. The van der Waals surface area contributed by atoms with Crippen molar-refractivity contribution in [3.8, 4) is 5.75 Å². The third-order valence-electron chi connectivity index (χ3n) is 3.09. The minimum atomic E-state index is -0.366. The van der Waals surface area contributed by atoms with Gasteiger partial charge in [-0.15, -0.1) is 6.58 Å². The average Bonchev–Trinajstić information content (AvgIpc) is 2.50. The first-order valence-corrected chi connectivity index (χ1v) is 7.24. The highest BCUT2D eigenvalue weighted by Crippen LogP contribution is 2.17. The van der Waals surface area contributed by atoms with Gasteiger partial charge in [0.1, 0.15) is 5.75 Å². The molecule has 0 aromatic heterocycles. The van der Waals surface area contributed by atoms with E-state index in [0.717, 1.165) is 19.3 Å². The zero-order valence-electron chi connectivity index (χ0n) is 11.7. The van der Waals surface area contributed by atoms with E-state index in [1.807, 2.05) is 18.2 Å². The Kier molecular flexibility index (Phi) is 5.59. The highest BCUT2D eigenvalue weighted by atomic mass is 35.5. The first-order valence-electron chi connectivity index (χ1n) is 6.86. The number of esters is 1. The van der Waals surface area contributed by atoms with Gasteiger partial charge in [-0.3, -0.25) is 0 Å². The van der Waals surface area contributed by atoms with Crippen molar-refractivity contribution in [3.63, 3.8) is 0 Å². The fraction of sp³-hybridized carbons (Fsp3) is 0.167. The lowest BCUT2D eigenvalue weighted by atomic mass is 10.1. The van der Waals surface area contributed by atoms with Crippen molar-refractivity contribution in [3.05, 3.63) is 77.3 Å². The van der Waals surface area contributed by atoms with Crippen molar-refractivity contribution in [2.45, 2.75) is 19.3 Å². The molecule has 0 aliphatic carbocycles. The summed E-state index contributed by atoms with van der Waals surface area (Å²) in [6.45, 7) is 3.71. The summed E-state index contributed by atoms with van der Waals surface area (Å²) in [5.74, 6) is 0.120. The van der Waals surface area contributed by atoms with Crippen LogP contribution in [0.4, 0.5) is 0 Å². The number of ether oxygens (including phenoxy) is 1. The van der Waals surface area contributed by atoms with Crippen LogP contribution in [0.25, 0.3) is 0 Å². The Hall–Kier alpha value is -2.06. The molecule has 108 valence electrons. The fourth-order valence-electron chi connectivity index (χ4n) is 1.93. The molecule has 0 amide bonds. The van der Waals surface area contributed by atoms with Gasteiger partial charge in [0.2, 0.25) is 0 Å².